The van der Waals surface area contributed by atoms with E-state index in [-0.39, 0.29) is 5.97 Å². The molecule has 0 radical (unpaired) electrons. The Kier molecular flexibility index (Phi) is 19.5. The maximum Gasteiger partial charge on any atom is 0.308 e. The topological polar surface area (TPSA) is 46.5 Å². The average Bonchev–Trinajstić information content (AvgIpc) is 3.94. The van der Waals surface area contributed by atoms with Crippen LogP contribution in [-0.4, -0.2) is 11.1 Å². The molecule has 4 saturated carbocycles. The largest absolute Gasteiger partial charge is 0.508 e. The minimum absolute atomic E-state index is 0.280. The molecule has 5 aliphatic rings. The van der Waals surface area contributed by atoms with Gasteiger partial charge in [0.05, 0.1) is 0 Å². The van der Waals surface area contributed by atoms with Gasteiger partial charge in [0.2, 0.25) is 0 Å². The van der Waals surface area contributed by atoms with Crippen LogP contribution in [0, 0.1) is 48.3 Å². The molecule has 5 aliphatic carbocycles. The van der Waals surface area contributed by atoms with Crippen LogP contribution >= 0.6 is 0 Å². The van der Waals surface area contributed by atoms with Gasteiger partial charge in [0.15, 0.2) is 0 Å². The molecule has 3 aromatic rings. The number of phenols is 1. The minimum atomic E-state index is -0.280. The van der Waals surface area contributed by atoms with Crippen molar-refractivity contribution in [1.29, 1.82) is 0 Å². The first-order valence-corrected chi connectivity index (χ1v) is 21.1. The fraction of sp³-hybridized carbons (Fsp3) is 0.580. The lowest BCUT2D eigenvalue weighted by Gasteiger charge is -2.15. The van der Waals surface area contributed by atoms with Crippen molar-refractivity contribution in [2.24, 2.45) is 41.4 Å². The van der Waals surface area contributed by atoms with Crippen LogP contribution in [0.3, 0.4) is 0 Å². The summed E-state index contributed by atoms with van der Waals surface area (Å²) < 4.78 is 4.91. The molecule has 4 bridgehead atoms. The van der Waals surface area contributed by atoms with Crippen LogP contribution in [0.1, 0.15) is 155 Å². The maximum atomic E-state index is 10.6. The van der Waals surface area contributed by atoms with Gasteiger partial charge in [-0.05, 0) is 128 Å². The Morgan fingerprint density at radius 2 is 1.25 bits per heavy atom. The molecule has 0 amide bonds. The zero-order valence-electron chi connectivity index (χ0n) is 34.9. The molecule has 53 heavy (non-hydrogen) atoms. The number of ether oxygens (including phenoxy) is 1. The second kappa shape index (κ2) is 23.5. The van der Waals surface area contributed by atoms with E-state index in [1.54, 1.807) is 37.8 Å². The SMILES string of the molecule is CC(=O)Oc1ccc(C(C)C)cc1.CC(C)c1ccc(O)cc1.CC1CC2C=CC1C2.CC1CC2CCC1C2.CC1CCCCC1.Cc1ccccc1. The van der Waals surface area contributed by atoms with E-state index in [1.165, 1.54) is 68.6 Å². The van der Waals surface area contributed by atoms with Crippen molar-refractivity contribution in [1.82, 2.24) is 0 Å². The summed E-state index contributed by atoms with van der Waals surface area (Å²) in [4.78, 5) is 10.6. The molecular formula is C50H74O3. The molecule has 6 unspecified atom stereocenters. The standard InChI is InChI=1S/C11H14O2.C9H12O.C8H14.C8H12.C7H14.C7H8/c1-8(2)10-4-6-11(7-5-10)13-9(3)12;1-7(2)8-3-5-9(10)6-4-8;2*1-6-4-7-2-3-8(6)5-7;2*1-7-5-3-2-4-6-7/h4-8H,1-3H3;3-7,10H,1-2H3;6-8H,2-5H2,1H3;2-3,6-8H,4-5H2,1H3;7H,2-6H2,1H3;2-6H,1H3. The zero-order valence-corrected chi connectivity index (χ0v) is 34.9. The maximum absolute atomic E-state index is 10.6. The summed E-state index contributed by atoms with van der Waals surface area (Å²) in [6, 6.07) is 25.2. The van der Waals surface area contributed by atoms with Gasteiger partial charge in [0, 0.05) is 6.92 Å². The van der Waals surface area contributed by atoms with Gasteiger partial charge in [-0.15, -0.1) is 0 Å². The quantitative estimate of drug-likeness (QED) is 0.166. The Morgan fingerprint density at radius 1 is 0.660 bits per heavy atom. The summed E-state index contributed by atoms with van der Waals surface area (Å²) in [5, 5.41) is 8.94. The molecule has 6 atom stereocenters. The summed E-state index contributed by atoms with van der Waals surface area (Å²) in [5.74, 6) is 9.03. The van der Waals surface area contributed by atoms with E-state index >= 15 is 0 Å². The highest BCUT2D eigenvalue weighted by atomic mass is 16.5. The van der Waals surface area contributed by atoms with E-state index in [0.29, 0.717) is 23.3 Å². The molecule has 3 nitrogen and oxygen atoms in total. The number of allylic oxidation sites excluding steroid dienone is 2. The van der Waals surface area contributed by atoms with E-state index in [1.807, 2.05) is 54.6 Å². The number of benzene rings is 3. The first-order chi connectivity index (χ1) is 25.3. The molecule has 0 aromatic heterocycles. The van der Waals surface area contributed by atoms with Crippen LogP contribution < -0.4 is 4.74 Å². The Bertz CT molecular complexity index is 1430. The van der Waals surface area contributed by atoms with Gasteiger partial charge in [-0.25, -0.2) is 0 Å². The summed E-state index contributed by atoms with van der Waals surface area (Å²) in [6.45, 7) is 19.1. The third-order valence-corrected chi connectivity index (χ3v) is 11.9. The van der Waals surface area contributed by atoms with Crippen LogP contribution in [0.4, 0.5) is 0 Å². The van der Waals surface area contributed by atoms with Gasteiger partial charge in [0.1, 0.15) is 11.5 Å². The normalized spacial score (nSPS) is 24.6. The molecule has 292 valence electrons. The predicted molar refractivity (Wildman–Crippen MR) is 227 cm³/mol. The first kappa shape index (κ1) is 44.1. The van der Waals surface area contributed by atoms with Crippen molar-refractivity contribution in [2.75, 3.05) is 0 Å². The third kappa shape index (κ3) is 17.1. The fourth-order valence-corrected chi connectivity index (χ4v) is 8.41. The smallest absolute Gasteiger partial charge is 0.308 e. The molecule has 8 rings (SSSR count). The van der Waals surface area contributed by atoms with Crippen molar-refractivity contribution < 1.29 is 14.6 Å². The Labute approximate surface area is 325 Å². The molecule has 0 spiro atoms. The molecule has 0 heterocycles. The van der Waals surface area contributed by atoms with Crippen LogP contribution in [-0.2, 0) is 4.79 Å². The highest BCUT2D eigenvalue weighted by molar-refractivity contribution is 5.69. The fourth-order valence-electron chi connectivity index (χ4n) is 8.41. The van der Waals surface area contributed by atoms with Gasteiger partial charge in [-0.3, -0.25) is 4.79 Å². The number of carbonyl (C=O) groups is 1. The number of phenolic OH excluding ortho intramolecular Hbond substituents is 1. The number of aryl methyl sites for hydroxylation is 1. The molecule has 0 saturated heterocycles. The van der Waals surface area contributed by atoms with Crippen LogP contribution in [0.5, 0.6) is 11.5 Å². The zero-order chi connectivity index (χ0) is 38.8. The molecule has 3 aromatic carbocycles. The number of fused-ring (bicyclic) bond motifs is 4. The van der Waals surface area contributed by atoms with Gasteiger partial charge < -0.3 is 9.84 Å². The monoisotopic (exact) mass is 723 g/mol. The third-order valence-electron chi connectivity index (χ3n) is 11.9. The van der Waals surface area contributed by atoms with Crippen molar-refractivity contribution >= 4 is 5.97 Å². The molecule has 4 fully saturated rings. The summed E-state index contributed by atoms with van der Waals surface area (Å²) in [6.07, 6.45) is 21.4. The van der Waals surface area contributed by atoms with Crippen molar-refractivity contribution in [3.8, 4) is 11.5 Å². The summed E-state index contributed by atoms with van der Waals surface area (Å²) >= 11 is 0. The Morgan fingerprint density at radius 3 is 1.55 bits per heavy atom. The highest BCUT2D eigenvalue weighted by Crippen LogP contribution is 2.47. The van der Waals surface area contributed by atoms with Crippen molar-refractivity contribution in [3.05, 3.63) is 108 Å². The number of hydrogen-bond donors (Lipinski definition) is 1. The molecule has 0 aliphatic heterocycles. The highest BCUT2D eigenvalue weighted by Gasteiger charge is 2.36. The van der Waals surface area contributed by atoms with Gasteiger partial charge in [-0.1, -0.05) is 159 Å². The van der Waals surface area contributed by atoms with E-state index < -0.39 is 0 Å². The van der Waals surface area contributed by atoms with Gasteiger partial charge >= 0.3 is 5.97 Å². The number of aromatic hydroxyl groups is 1. The lowest BCUT2D eigenvalue weighted by atomic mass is 9.91. The first-order valence-electron chi connectivity index (χ1n) is 21.1. The van der Waals surface area contributed by atoms with E-state index in [2.05, 4.69) is 79.7 Å². The number of carbonyl (C=O) groups excluding carboxylic acids is 1. The Hall–Kier alpha value is -3.33. The number of esters is 1. The van der Waals surface area contributed by atoms with Crippen molar-refractivity contribution in [3.63, 3.8) is 0 Å². The van der Waals surface area contributed by atoms with Crippen LogP contribution in [0.2, 0.25) is 0 Å². The Balaban J connectivity index is 0.000000174. The van der Waals surface area contributed by atoms with Gasteiger partial charge in [0.25, 0.3) is 0 Å². The molecule has 3 heteroatoms. The van der Waals surface area contributed by atoms with E-state index in [9.17, 15) is 4.79 Å². The van der Waals surface area contributed by atoms with Crippen LogP contribution in [0.25, 0.3) is 0 Å². The molecule has 1 N–H and O–H groups in total. The summed E-state index contributed by atoms with van der Waals surface area (Å²) in [7, 11) is 0. The summed E-state index contributed by atoms with van der Waals surface area (Å²) in [5.41, 5.74) is 3.83. The van der Waals surface area contributed by atoms with Gasteiger partial charge in [-0.2, -0.15) is 0 Å². The van der Waals surface area contributed by atoms with E-state index in [4.69, 9.17) is 9.84 Å². The molecular weight excluding hydrogens is 649 g/mol. The predicted octanol–water partition coefficient (Wildman–Crippen LogP) is 14.5. The lowest BCUT2D eigenvalue weighted by molar-refractivity contribution is -0.131. The van der Waals surface area contributed by atoms with E-state index in [0.717, 1.165) is 41.4 Å². The number of rotatable bonds is 3. The van der Waals surface area contributed by atoms with Crippen molar-refractivity contribution in [2.45, 2.75) is 145 Å². The van der Waals surface area contributed by atoms with Crippen LogP contribution in [0.15, 0.2) is 91.0 Å². The average molecular weight is 723 g/mol. The second-order valence-corrected chi connectivity index (χ2v) is 17.4. The minimum Gasteiger partial charge on any atom is -0.508 e. The number of hydrogen-bond acceptors (Lipinski definition) is 3. The second-order valence-electron chi connectivity index (χ2n) is 17.4. The lowest BCUT2D eigenvalue weighted by Crippen LogP contribution is -2.04.